The van der Waals surface area contributed by atoms with Crippen molar-refractivity contribution in [1.82, 2.24) is 20.3 Å². The van der Waals surface area contributed by atoms with Gasteiger partial charge in [-0.3, -0.25) is 4.79 Å². The van der Waals surface area contributed by atoms with E-state index in [0.29, 0.717) is 17.4 Å². The fourth-order valence-electron chi connectivity index (χ4n) is 1.86. The van der Waals surface area contributed by atoms with E-state index in [4.69, 9.17) is 0 Å². The number of hydrogen-bond donors (Lipinski definition) is 1. The molecule has 0 atom stereocenters. The van der Waals surface area contributed by atoms with Crippen LogP contribution in [0.15, 0.2) is 29.1 Å². The first-order valence-electron chi connectivity index (χ1n) is 6.36. The molecule has 0 aliphatic rings. The van der Waals surface area contributed by atoms with Gasteiger partial charge in [0.1, 0.15) is 5.52 Å². The summed E-state index contributed by atoms with van der Waals surface area (Å²) in [6, 6.07) is 7.30. The van der Waals surface area contributed by atoms with Crippen LogP contribution in [0.3, 0.4) is 0 Å². The van der Waals surface area contributed by atoms with Gasteiger partial charge in [0.15, 0.2) is 0 Å². The topological polar surface area (TPSA) is 59.8 Å². The number of aromatic nitrogens is 3. The van der Waals surface area contributed by atoms with Crippen molar-refractivity contribution in [2.24, 2.45) is 0 Å². The summed E-state index contributed by atoms with van der Waals surface area (Å²) in [5.41, 5.74) is 0.607. The molecular weight excluding hydrogens is 228 g/mol. The maximum absolute atomic E-state index is 12.1. The van der Waals surface area contributed by atoms with Crippen molar-refractivity contribution in [2.45, 2.75) is 26.3 Å². The lowest BCUT2D eigenvalue weighted by molar-refractivity contribution is 0.502. The first kappa shape index (κ1) is 12.7. The highest BCUT2D eigenvalue weighted by Gasteiger charge is 2.03. The Morgan fingerprint density at radius 1 is 1.28 bits per heavy atom. The number of nitrogens with zero attached hydrogens (tertiary/aromatic N) is 3. The first-order chi connectivity index (χ1) is 8.83. The highest BCUT2D eigenvalue weighted by Crippen LogP contribution is 2.03. The predicted octanol–water partition coefficient (Wildman–Crippen LogP) is 1.18. The molecule has 5 nitrogen and oxygen atoms in total. The van der Waals surface area contributed by atoms with Crippen LogP contribution in [-0.2, 0) is 6.54 Å². The number of nitrogens with one attached hydrogen (secondary N) is 1. The molecular formula is C13H18N4O. The van der Waals surface area contributed by atoms with Crippen molar-refractivity contribution in [2.75, 3.05) is 13.1 Å². The second-order valence-electron chi connectivity index (χ2n) is 4.20. The standard InChI is InChI=1S/C13H18N4O/c1-2-14-9-5-6-10-17-13(18)11-7-3-4-8-12(11)15-16-17/h3-4,7-8,14H,2,5-6,9-10H2,1H3. The van der Waals surface area contributed by atoms with E-state index in [2.05, 4.69) is 22.6 Å². The van der Waals surface area contributed by atoms with E-state index in [0.717, 1.165) is 25.9 Å². The van der Waals surface area contributed by atoms with Gasteiger partial charge in [-0.05, 0) is 38.1 Å². The Bertz CT molecular complexity index is 564. The van der Waals surface area contributed by atoms with Crippen LogP contribution in [0.5, 0.6) is 0 Å². The number of fused-ring (bicyclic) bond motifs is 1. The molecule has 1 aromatic heterocycles. The number of benzene rings is 1. The lowest BCUT2D eigenvalue weighted by atomic mass is 10.2. The van der Waals surface area contributed by atoms with Gasteiger partial charge in [0.2, 0.25) is 0 Å². The normalized spacial score (nSPS) is 10.9. The van der Waals surface area contributed by atoms with Gasteiger partial charge in [0.05, 0.1) is 5.39 Å². The van der Waals surface area contributed by atoms with Crippen LogP contribution in [0.1, 0.15) is 19.8 Å². The van der Waals surface area contributed by atoms with Crippen molar-refractivity contribution in [3.8, 4) is 0 Å². The molecule has 0 radical (unpaired) electrons. The van der Waals surface area contributed by atoms with Crippen molar-refractivity contribution in [1.29, 1.82) is 0 Å². The van der Waals surface area contributed by atoms with Gasteiger partial charge < -0.3 is 5.32 Å². The van der Waals surface area contributed by atoms with Crippen LogP contribution < -0.4 is 10.9 Å². The van der Waals surface area contributed by atoms with Gasteiger partial charge >= 0.3 is 0 Å². The third-order valence-corrected chi connectivity index (χ3v) is 2.85. The fraction of sp³-hybridized carbons (Fsp3) is 0.462. The summed E-state index contributed by atoms with van der Waals surface area (Å²) in [6.07, 6.45) is 1.97. The smallest absolute Gasteiger partial charge is 0.277 e. The van der Waals surface area contributed by atoms with Crippen LogP contribution in [0, 0.1) is 0 Å². The molecule has 18 heavy (non-hydrogen) atoms. The van der Waals surface area contributed by atoms with Crippen molar-refractivity contribution >= 4 is 10.9 Å². The minimum Gasteiger partial charge on any atom is -0.317 e. The predicted molar refractivity (Wildman–Crippen MR) is 71.6 cm³/mol. The summed E-state index contributed by atoms with van der Waals surface area (Å²) in [5.74, 6) is 0. The van der Waals surface area contributed by atoms with Gasteiger partial charge in [0, 0.05) is 6.54 Å². The van der Waals surface area contributed by atoms with E-state index in [1.54, 1.807) is 12.1 Å². The van der Waals surface area contributed by atoms with E-state index in [1.165, 1.54) is 4.68 Å². The third-order valence-electron chi connectivity index (χ3n) is 2.85. The van der Waals surface area contributed by atoms with Crippen LogP contribution in [0.2, 0.25) is 0 Å². The minimum atomic E-state index is -0.0518. The molecule has 2 rings (SSSR count). The summed E-state index contributed by atoms with van der Waals surface area (Å²) in [6.45, 7) is 4.67. The van der Waals surface area contributed by atoms with Crippen LogP contribution in [0.4, 0.5) is 0 Å². The second kappa shape index (κ2) is 6.26. The molecule has 0 spiro atoms. The summed E-state index contributed by atoms with van der Waals surface area (Å²) < 4.78 is 1.45. The molecule has 0 aliphatic carbocycles. The quantitative estimate of drug-likeness (QED) is 0.778. The molecule has 0 aliphatic heterocycles. The van der Waals surface area contributed by atoms with Gasteiger partial charge in [0.25, 0.3) is 5.56 Å². The monoisotopic (exact) mass is 246 g/mol. The molecule has 96 valence electrons. The van der Waals surface area contributed by atoms with E-state index in [9.17, 15) is 4.79 Å². The lowest BCUT2D eigenvalue weighted by Crippen LogP contribution is -2.25. The van der Waals surface area contributed by atoms with Gasteiger partial charge in [-0.2, -0.15) is 0 Å². The van der Waals surface area contributed by atoms with Gasteiger partial charge in [-0.25, -0.2) is 4.68 Å². The van der Waals surface area contributed by atoms with E-state index in [-0.39, 0.29) is 5.56 Å². The molecule has 0 saturated heterocycles. The molecule has 0 unspecified atom stereocenters. The lowest BCUT2D eigenvalue weighted by Gasteiger charge is -2.05. The molecule has 2 aromatic rings. The van der Waals surface area contributed by atoms with Gasteiger partial charge in [-0.1, -0.05) is 24.3 Å². The highest BCUT2D eigenvalue weighted by atomic mass is 16.1. The third kappa shape index (κ3) is 2.92. The number of unbranched alkanes of at least 4 members (excludes halogenated alkanes) is 1. The van der Waals surface area contributed by atoms with Gasteiger partial charge in [-0.15, -0.1) is 5.10 Å². The van der Waals surface area contributed by atoms with Crippen molar-refractivity contribution < 1.29 is 0 Å². The summed E-state index contributed by atoms with van der Waals surface area (Å²) in [7, 11) is 0. The highest BCUT2D eigenvalue weighted by molar-refractivity contribution is 5.76. The molecule has 0 bridgehead atoms. The zero-order chi connectivity index (χ0) is 12.8. The van der Waals surface area contributed by atoms with E-state index in [1.807, 2.05) is 12.1 Å². The molecule has 1 N–H and O–H groups in total. The van der Waals surface area contributed by atoms with E-state index >= 15 is 0 Å². The first-order valence-corrected chi connectivity index (χ1v) is 6.36. The molecule has 1 aromatic carbocycles. The Morgan fingerprint density at radius 3 is 2.94 bits per heavy atom. The van der Waals surface area contributed by atoms with Crippen molar-refractivity contribution in [3.05, 3.63) is 34.6 Å². The Morgan fingerprint density at radius 2 is 2.11 bits per heavy atom. The number of hydrogen-bond acceptors (Lipinski definition) is 4. The number of rotatable bonds is 6. The maximum atomic E-state index is 12.1. The zero-order valence-electron chi connectivity index (χ0n) is 10.6. The Kier molecular flexibility index (Phi) is 4.41. The summed E-state index contributed by atoms with van der Waals surface area (Å²) in [4.78, 5) is 12.1. The largest absolute Gasteiger partial charge is 0.317 e. The van der Waals surface area contributed by atoms with Crippen LogP contribution in [0.25, 0.3) is 10.9 Å². The fourth-order valence-corrected chi connectivity index (χ4v) is 1.86. The minimum absolute atomic E-state index is 0.0518. The average molecular weight is 246 g/mol. The molecule has 5 heteroatoms. The molecule has 1 heterocycles. The number of aryl methyl sites for hydroxylation is 1. The average Bonchev–Trinajstić information content (AvgIpc) is 2.41. The summed E-state index contributed by atoms with van der Waals surface area (Å²) in [5, 5.41) is 11.9. The van der Waals surface area contributed by atoms with Crippen LogP contribution in [-0.4, -0.2) is 28.1 Å². The van der Waals surface area contributed by atoms with Crippen LogP contribution >= 0.6 is 0 Å². The van der Waals surface area contributed by atoms with E-state index < -0.39 is 0 Å². The summed E-state index contributed by atoms with van der Waals surface area (Å²) >= 11 is 0. The zero-order valence-corrected chi connectivity index (χ0v) is 10.6. The second-order valence-corrected chi connectivity index (χ2v) is 4.20. The molecule has 0 amide bonds. The molecule has 0 saturated carbocycles. The Hall–Kier alpha value is -1.75. The Labute approximate surface area is 106 Å². The Balaban J connectivity index is 2.05. The SMILES string of the molecule is CCNCCCCn1nnc2ccccc2c1=O. The molecule has 0 fully saturated rings. The van der Waals surface area contributed by atoms with Crippen molar-refractivity contribution in [3.63, 3.8) is 0 Å². The maximum Gasteiger partial charge on any atom is 0.277 e.